The molecule has 2 rings (SSSR count). The molecule has 2 aromatic rings. The summed E-state index contributed by atoms with van der Waals surface area (Å²) in [4.78, 5) is 23.9. The second kappa shape index (κ2) is 7.90. The van der Waals surface area contributed by atoms with Crippen molar-refractivity contribution < 1.29 is 22.9 Å². The molecule has 0 aliphatic heterocycles. The SMILES string of the molecule is CN(C)c1ccc(C(F)(F)F)cc1NC(=O)/C=C/c1cccc([N+](=O)[O-])c1. The molecule has 0 saturated carbocycles. The lowest BCUT2D eigenvalue weighted by Gasteiger charge is -2.19. The number of nitrogens with one attached hydrogen (secondary N) is 1. The van der Waals surface area contributed by atoms with Gasteiger partial charge in [-0.15, -0.1) is 0 Å². The van der Waals surface area contributed by atoms with Crippen molar-refractivity contribution in [3.8, 4) is 0 Å². The number of halogens is 3. The molecule has 9 heteroatoms. The first-order valence-electron chi connectivity index (χ1n) is 7.70. The van der Waals surface area contributed by atoms with Gasteiger partial charge in [0.15, 0.2) is 0 Å². The van der Waals surface area contributed by atoms with Crippen molar-refractivity contribution in [3.63, 3.8) is 0 Å². The van der Waals surface area contributed by atoms with E-state index in [4.69, 9.17) is 0 Å². The molecule has 0 atom stereocenters. The van der Waals surface area contributed by atoms with Gasteiger partial charge in [-0.3, -0.25) is 14.9 Å². The molecule has 0 spiro atoms. The number of nitro groups is 1. The van der Waals surface area contributed by atoms with Crippen LogP contribution in [0.1, 0.15) is 11.1 Å². The zero-order chi connectivity index (χ0) is 20.2. The Labute approximate surface area is 153 Å². The predicted octanol–water partition coefficient (Wildman–Crippen LogP) is 4.33. The maximum Gasteiger partial charge on any atom is 0.416 e. The molecule has 0 heterocycles. The highest BCUT2D eigenvalue weighted by Crippen LogP contribution is 2.34. The number of amides is 1. The molecule has 27 heavy (non-hydrogen) atoms. The molecule has 6 nitrogen and oxygen atoms in total. The summed E-state index contributed by atoms with van der Waals surface area (Å²) >= 11 is 0. The molecule has 142 valence electrons. The lowest BCUT2D eigenvalue weighted by Crippen LogP contribution is -2.16. The molecule has 0 saturated heterocycles. The van der Waals surface area contributed by atoms with E-state index in [9.17, 15) is 28.1 Å². The first kappa shape index (κ1) is 20.0. The van der Waals surface area contributed by atoms with Gasteiger partial charge in [-0.2, -0.15) is 13.2 Å². The second-order valence-corrected chi connectivity index (χ2v) is 5.80. The minimum absolute atomic E-state index is 0.00326. The van der Waals surface area contributed by atoms with E-state index in [1.807, 2.05) is 0 Å². The molecule has 1 amide bonds. The average Bonchev–Trinajstić information content (AvgIpc) is 2.59. The van der Waals surface area contributed by atoms with Crippen molar-refractivity contribution in [3.05, 3.63) is 69.8 Å². The van der Waals surface area contributed by atoms with Crippen LogP contribution in [0.2, 0.25) is 0 Å². The van der Waals surface area contributed by atoms with E-state index in [1.165, 1.54) is 30.3 Å². The van der Waals surface area contributed by atoms with Crippen LogP contribution in [0.25, 0.3) is 6.08 Å². The summed E-state index contributed by atoms with van der Waals surface area (Å²) in [6, 6.07) is 8.67. The van der Waals surface area contributed by atoms with Crippen molar-refractivity contribution in [2.75, 3.05) is 24.3 Å². The number of hydrogen-bond acceptors (Lipinski definition) is 4. The van der Waals surface area contributed by atoms with Gasteiger partial charge in [0.1, 0.15) is 0 Å². The summed E-state index contributed by atoms with van der Waals surface area (Å²) < 4.78 is 38.7. The van der Waals surface area contributed by atoms with Crippen LogP contribution in [0.15, 0.2) is 48.5 Å². The third-order valence-corrected chi connectivity index (χ3v) is 3.57. The van der Waals surface area contributed by atoms with Crippen LogP contribution in [0.5, 0.6) is 0 Å². The zero-order valence-electron chi connectivity index (χ0n) is 14.4. The molecule has 0 fully saturated rings. The van der Waals surface area contributed by atoms with E-state index in [0.717, 1.165) is 18.2 Å². The molecule has 0 bridgehead atoms. The number of nitrogens with zero attached hydrogens (tertiary/aromatic N) is 2. The summed E-state index contributed by atoms with van der Waals surface area (Å²) in [5.74, 6) is -0.663. The van der Waals surface area contributed by atoms with E-state index in [-0.39, 0.29) is 11.4 Å². The van der Waals surface area contributed by atoms with Crippen LogP contribution in [0.4, 0.5) is 30.2 Å². The lowest BCUT2D eigenvalue weighted by atomic mass is 10.1. The molecule has 1 N–H and O–H groups in total. The fourth-order valence-electron chi connectivity index (χ4n) is 2.29. The first-order valence-corrected chi connectivity index (χ1v) is 7.70. The summed E-state index contributed by atoms with van der Waals surface area (Å²) in [5, 5.41) is 13.2. The summed E-state index contributed by atoms with van der Waals surface area (Å²) in [6.45, 7) is 0. The van der Waals surface area contributed by atoms with Gasteiger partial charge in [-0.05, 0) is 29.8 Å². The van der Waals surface area contributed by atoms with Crippen molar-refractivity contribution >= 4 is 29.0 Å². The summed E-state index contributed by atoms with van der Waals surface area (Å²) in [7, 11) is 3.27. The zero-order valence-corrected chi connectivity index (χ0v) is 14.4. The number of carbonyl (C=O) groups is 1. The van der Waals surface area contributed by atoms with Crippen LogP contribution >= 0.6 is 0 Å². The highest BCUT2D eigenvalue weighted by atomic mass is 19.4. The molecular formula is C18H16F3N3O3. The van der Waals surface area contributed by atoms with Gasteiger partial charge in [0.25, 0.3) is 5.69 Å². The van der Waals surface area contributed by atoms with Crippen LogP contribution in [-0.4, -0.2) is 24.9 Å². The Balaban J connectivity index is 2.24. The Bertz CT molecular complexity index is 893. The van der Waals surface area contributed by atoms with Gasteiger partial charge < -0.3 is 10.2 Å². The maximum atomic E-state index is 12.9. The van der Waals surface area contributed by atoms with Crippen molar-refractivity contribution in [2.45, 2.75) is 6.18 Å². The smallest absolute Gasteiger partial charge is 0.376 e. The Morgan fingerprint density at radius 2 is 1.89 bits per heavy atom. The predicted molar refractivity (Wildman–Crippen MR) is 96.5 cm³/mol. The maximum absolute atomic E-state index is 12.9. The number of hydrogen-bond donors (Lipinski definition) is 1. The van der Waals surface area contributed by atoms with Crippen molar-refractivity contribution in [1.29, 1.82) is 0 Å². The molecule has 0 aliphatic carbocycles. The molecule has 2 aromatic carbocycles. The minimum atomic E-state index is -4.54. The molecule has 0 radical (unpaired) electrons. The van der Waals surface area contributed by atoms with Gasteiger partial charge in [0, 0.05) is 32.3 Å². The number of carbonyl (C=O) groups excluding carboxylic acids is 1. The number of anilines is 2. The number of benzene rings is 2. The third-order valence-electron chi connectivity index (χ3n) is 3.57. The summed E-state index contributed by atoms with van der Waals surface area (Å²) in [5.41, 5.74) is -0.198. The third kappa shape index (κ3) is 5.30. The molecule has 0 unspecified atom stereocenters. The average molecular weight is 379 g/mol. The highest BCUT2D eigenvalue weighted by molar-refractivity contribution is 6.03. The van der Waals surface area contributed by atoms with E-state index < -0.39 is 22.6 Å². The van der Waals surface area contributed by atoms with E-state index in [1.54, 1.807) is 25.1 Å². The normalized spacial score (nSPS) is 11.4. The standard InChI is InChI=1S/C18H16F3N3O3/c1-23(2)16-8-7-13(18(19,20)21)11-15(16)22-17(25)9-6-12-4-3-5-14(10-12)24(26)27/h3-11H,1-2H3,(H,22,25)/b9-6+. The number of rotatable bonds is 5. The number of alkyl halides is 3. The lowest BCUT2D eigenvalue weighted by molar-refractivity contribution is -0.384. The highest BCUT2D eigenvalue weighted by Gasteiger charge is 2.31. The monoisotopic (exact) mass is 379 g/mol. The topological polar surface area (TPSA) is 75.5 Å². The quantitative estimate of drug-likeness (QED) is 0.477. The molecule has 0 aromatic heterocycles. The van der Waals surface area contributed by atoms with Gasteiger partial charge in [0.2, 0.25) is 5.91 Å². The second-order valence-electron chi connectivity index (χ2n) is 5.80. The van der Waals surface area contributed by atoms with Gasteiger partial charge in [-0.25, -0.2) is 0 Å². The van der Waals surface area contributed by atoms with E-state index in [2.05, 4.69) is 5.32 Å². The first-order chi connectivity index (χ1) is 12.6. The molecule has 0 aliphatic rings. The number of nitro benzene ring substituents is 1. The Hall–Kier alpha value is -3.36. The van der Waals surface area contributed by atoms with Gasteiger partial charge >= 0.3 is 6.18 Å². The van der Waals surface area contributed by atoms with Crippen molar-refractivity contribution in [2.24, 2.45) is 0 Å². The van der Waals surface area contributed by atoms with Crippen molar-refractivity contribution in [1.82, 2.24) is 0 Å². The van der Waals surface area contributed by atoms with Gasteiger partial charge in [0.05, 0.1) is 21.9 Å². The van der Waals surface area contributed by atoms with Crippen LogP contribution in [0.3, 0.4) is 0 Å². The van der Waals surface area contributed by atoms with E-state index in [0.29, 0.717) is 11.3 Å². The molecular weight excluding hydrogens is 363 g/mol. The van der Waals surface area contributed by atoms with Crippen LogP contribution in [-0.2, 0) is 11.0 Å². The van der Waals surface area contributed by atoms with Gasteiger partial charge in [-0.1, -0.05) is 12.1 Å². The van der Waals surface area contributed by atoms with Crippen LogP contribution in [0, 0.1) is 10.1 Å². The fraction of sp³-hybridized carbons (Fsp3) is 0.167. The van der Waals surface area contributed by atoms with Crippen LogP contribution < -0.4 is 10.2 Å². The minimum Gasteiger partial charge on any atom is -0.376 e. The number of non-ortho nitro benzene ring substituents is 1. The largest absolute Gasteiger partial charge is 0.416 e. The Morgan fingerprint density at radius 3 is 2.48 bits per heavy atom. The Morgan fingerprint density at radius 1 is 1.19 bits per heavy atom. The Kier molecular flexibility index (Phi) is 5.84. The van der Waals surface area contributed by atoms with E-state index >= 15 is 0 Å². The summed E-state index contributed by atoms with van der Waals surface area (Å²) in [6.07, 6.45) is -2.10. The fourth-order valence-corrected chi connectivity index (χ4v) is 2.29.